The van der Waals surface area contributed by atoms with Gasteiger partial charge in [0.1, 0.15) is 5.78 Å². The predicted molar refractivity (Wildman–Crippen MR) is 74.6 cm³/mol. The largest absolute Gasteiger partial charge is 0.330 e. The van der Waals surface area contributed by atoms with E-state index < -0.39 is 0 Å². The highest BCUT2D eigenvalue weighted by atomic mass is 16.1. The molecule has 2 atom stereocenters. The molecule has 0 aliphatic rings. The first-order valence-electron chi connectivity index (χ1n) is 6.15. The third-order valence-electron chi connectivity index (χ3n) is 2.97. The van der Waals surface area contributed by atoms with Gasteiger partial charge in [0.05, 0.1) is 0 Å². The molecule has 0 aliphatic heterocycles. The van der Waals surface area contributed by atoms with Crippen molar-refractivity contribution in [1.29, 1.82) is 0 Å². The Kier molecular flexibility index (Phi) is 7.47. The molecule has 2 nitrogen and oxygen atoms in total. The first kappa shape index (κ1) is 15.9. The zero-order chi connectivity index (χ0) is 13.4. The summed E-state index contributed by atoms with van der Waals surface area (Å²) in [5.41, 5.74) is 6.93. The Morgan fingerprint density at radius 2 is 2.00 bits per heavy atom. The first-order chi connectivity index (χ1) is 7.99. The summed E-state index contributed by atoms with van der Waals surface area (Å²) in [6.07, 6.45) is 7.67. The lowest BCUT2D eigenvalue weighted by atomic mass is 9.76. The summed E-state index contributed by atoms with van der Waals surface area (Å²) >= 11 is 0. The van der Waals surface area contributed by atoms with Crippen LogP contribution in [0.4, 0.5) is 0 Å². The lowest BCUT2D eigenvalue weighted by Gasteiger charge is -2.28. The van der Waals surface area contributed by atoms with Crippen molar-refractivity contribution in [2.24, 2.45) is 23.5 Å². The minimum atomic E-state index is -0.0256. The van der Waals surface area contributed by atoms with Gasteiger partial charge in [0, 0.05) is 11.8 Å². The molecular formula is C15H25NO. The summed E-state index contributed by atoms with van der Waals surface area (Å²) in [6.45, 7) is 11.9. The topological polar surface area (TPSA) is 43.1 Å². The summed E-state index contributed by atoms with van der Waals surface area (Å²) in [4.78, 5) is 11.8. The first-order valence-corrected chi connectivity index (χ1v) is 6.15. The standard InChI is InChI=1S/C15H25NO/c1-6-8-13(9-7-2)14(10-16)15(11(3)4)12(5)17/h6-9,11,14-15H,1,10,16H2,2-5H3/b9-7-,13-8+/t14-,15+/m0/s1. The molecule has 0 radical (unpaired) electrons. The van der Waals surface area contributed by atoms with E-state index in [1.165, 1.54) is 0 Å². The second-order valence-corrected chi connectivity index (χ2v) is 4.63. The number of allylic oxidation sites excluding steroid dienone is 4. The lowest BCUT2D eigenvalue weighted by Crippen LogP contribution is -2.33. The molecule has 0 heterocycles. The van der Waals surface area contributed by atoms with Crippen molar-refractivity contribution in [3.8, 4) is 0 Å². The summed E-state index contributed by atoms with van der Waals surface area (Å²) in [6, 6.07) is 0. The number of Topliss-reactive ketones (excluding diaryl/α,β-unsaturated/α-hetero) is 1. The van der Waals surface area contributed by atoms with E-state index in [9.17, 15) is 4.79 Å². The van der Waals surface area contributed by atoms with Crippen LogP contribution in [-0.4, -0.2) is 12.3 Å². The molecule has 0 bridgehead atoms. The average molecular weight is 235 g/mol. The summed E-state index contributed by atoms with van der Waals surface area (Å²) in [5.74, 6) is 0.540. The van der Waals surface area contributed by atoms with E-state index in [0.29, 0.717) is 12.5 Å². The number of carbonyl (C=O) groups is 1. The molecule has 0 spiro atoms. The van der Waals surface area contributed by atoms with Crippen LogP contribution in [-0.2, 0) is 4.79 Å². The van der Waals surface area contributed by atoms with Gasteiger partial charge < -0.3 is 5.73 Å². The Bertz CT molecular complexity index is 313. The Morgan fingerprint density at radius 1 is 1.41 bits per heavy atom. The van der Waals surface area contributed by atoms with Crippen molar-refractivity contribution < 1.29 is 4.79 Å². The molecule has 0 fully saturated rings. The van der Waals surface area contributed by atoms with Crippen molar-refractivity contribution in [2.75, 3.05) is 6.54 Å². The van der Waals surface area contributed by atoms with Crippen LogP contribution < -0.4 is 5.73 Å². The zero-order valence-corrected chi connectivity index (χ0v) is 11.4. The molecule has 0 aromatic carbocycles. The van der Waals surface area contributed by atoms with E-state index >= 15 is 0 Å². The number of hydrogen-bond donors (Lipinski definition) is 1. The third kappa shape index (κ3) is 4.70. The van der Waals surface area contributed by atoms with Crippen LogP contribution in [0.15, 0.2) is 36.5 Å². The van der Waals surface area contributed by atoms with Crippen LogP contribution >= 0.6 is 0 Å². The molecule has 0 rings (SSSR count). The maximum Gasteiger partial charge on any atom is 0.133 e. The molecule has 2 heteroatoms. The number of hydrogen-bond acceptors (Lipinski definition) is 2. The molecular weight excluding hydrogens is 210 g/mol. The second-order valence-electron chi connectivity index (χ2n) is 4.63. The van der Waals surface area contributed by atoms with E-state index in [-0.39, 0.29) is 17.6 Å². The fraction of sp³-hybridized carbons (Fsp3) is 0.533. The smallest absolute Gasteiger partial charge is 0.133 e. The highest BCUT2D eigenvalue weighted by molar-refractivity contribution is 5.79. The van der Waals surface area contributed by atoms with Crippen LogP contribution in [0.25, 0.3) is 0 Å². The van der Waals surface area contributed by atoms with Crippen LogP contribution in [0.2, 0.25) is 0 Å². The maximum absolute atomic E-state index is 11.8. The van der Waals surface area contributed by atoms with Crippen molar-refractivity contribution in [3.05, 3.63) is 36.5 Å². The van der Waals surface area contributed by atoms with Crippen molar-refractivity contribution in [2.45, 2.75) is 27.7 Å². The van der Waals surface area contributed by atoms with Crippen molar-refractivity contribution in [3.63, 3.8) is 0 Å². The number of rotatable bonds is 7. The molecule has 0 unspecified atom stereocenters. The average Bonchev–Trinajstić information content (AvgIpc) is 2.24. The minimum Gasteiger partial charge on any atom is -0.330 e. The van der Waals surface area contributed by atoms with E-state index in [1.807, 2.05) is 25.2 Å². The Balaban J connectivity index is 5.32. The van der Waals surface area contributed by atoms with Gasteiger partial charge in [0.2, 0.25) is 0 Å². The molecule has 0 aliphatic carbocycles. The van der Waals surface area contributed by atoms with Crippen LogP contribution in [0.1, 0.15) is 27.7 Å². The van der Waals surface area contributed by atoms with Gasteiger partial charge in [-0.3, -0.25) is 4.79 Å². The number of nitrogens with two attached hydrogens (primary N) is 1. The molecule has 96 valence electrons. The SMILES string of the molecule is C=C/C=C(\C=C/C)[C@H](CN)[C@@H](C(C)=O)C(C)C. The van der Waals surface area contributed by atoms with E-state index in [2.05, 4.69) is 20.4 Å². The van der Waals surface area contributed by atoms with Crippen LogP contribution in [0.3, 0.4) is 0 Å². The van der Waals surface area contributed by atoms with E-state index in [1.54, 1.807) is 13.0 Å². The fourth-order valence-corrected chi connectivity index (χ4v) is 2.34. The number of ketones is 1. The van der Waals surface area contributed by atoms with E-state index in [4.69, 9.17) is 5.73 Å². The molecule has 2 N–H and O–H groups in total. The van der Waals surface area contributed by atoms with Gasteiger partial charge in [-0.15, -0.1) is 0 Å². The molecule has 0 amide bonds. The normalized spacial score (nSPS) is 16.2. The quantitative estimate of drug-likeness (QED) is 0.689. The Labute approximate surface area is 105 Å². The molecule has 0 saturated heterocycles. The van der Waals surface area contributed by atoms with Gasteiger partial charge >= 0.3 is 0 Å². The minimum absolute atomic E-state index is 0.0256. The molecule has 0 aromatic heterocycles. The van der Waals surface area contributed by atoms with Crippen LogP contribution in [0.5, 0.6) is 0 Å². The lowest BCUT2D eigenvalue weighted by molar-refractivity contribution is -0.123. The fourth-order valence-electron chi connectivity index (χ4n) is 2.34. The van der Waals surface area contributed by atoms with Crippen LogP contribution in [0, 0.1) is 17.8 Å². The maximum atomic E-state index is 11.8. The third-order valence-corrected chi connectivity index (χ3v) is 2.97. The van der Waals surface area contributed by atoms with Crippen molar-refractivity contribution in [1.82, 2.24) is 0 Å². The van der Waals surface area contributed by atoms with Gasteiger partial charge in [-0.25, -0.2) is 0 Å². The highest BCUT2D eigenvalue weighted by Gasteiger charge is 2.28. The molecule has 0 saturated carbocycles. The molecule has 17 heavy (non-hydrogen) atoms. The van der Waals surface area contributed by atoms with Gasteiger partial charge in [-0.1, -0.05) is 44.7 Å². The Hall–Kier alpha value is -1.15. The predicted octanol–water partition coefficient (Wildman–Crippen LogP) is 3.11. The van der Waals surface area contributed by atoms with Gasteiger partial charge in [-0.05, 0) is 31.9 Å². The number of carbonyl (C=O) groups excluding carboxylic acids is 1. The summed E-state index contributed by atoms with van der Waals surface area (Å²) in [5, 5.41) is 0. The monoisotopic (exact) mass is 235 g/mol. The van der Waals surface area contributed by atoms with Crippen molar-refractivity contribution >= 4 is 5.78 Å². The molecule has 0 aromatic rings. The van der Waals surface area contributed by atoms with Gasteiger partial charge in [0.25, 0.3) is 0 Å². The second kappa shape index (κ2) is 8.02. The Morgan fingerprint density at radius 3 is 2.29 bits per heavy atom. The van der Waals surface area contributed by atoms with Gasteiger partial charge in [0.15, 0.2) is 0 Å². The van der Waals surface area contributed by atoms with Gasteiger partial charge in [-0.2, -0.15) is 0 Å². The van der Waals surface area contributed by atoms with E-state index in [0.717, 1.165) is 5.57 Å². The zero-order valence-electron chi connectivity index (χ0n) is 11.4. The highest BCUT2D eigenvalue weighted by Crippen LogP contribution is 2.28. The summed E-state index contributed by atoms with van der Waals surface area (Å²) in [7, 11) is 0. The summed E-state index contributed by atoms with van der Waals surface area (Å²) < 4.78 is 0.